The quantitative estimate of drug-likeness (QED) is 0.390. The predicted molar refractivity (Wildman–Crippen MR) is 137 cm³/mol. The number of anilines is 1. The van der Waals surface area contributed by atoms with Gasteiger partial charge in [-0.2, -0.15) is 4.80 Å². The molecule has 0 spiro atoms. The number of amides is 2. The van der Waals surface area contributed by atoms with Crippen molar-refractivity contribution in [3.63, 3.8) is 0 Å². The van der Waals surface area contributed by atoms with Crippen LogP contribution < -0.4 is 10.2 Å². The lowest BCUT2D eigenvalue weighted by Crippen LogP contribution is -2.50. The highest BCUT2D eigenvalue weighted by molar-refractivity contribution is 6.30. The third-order valence-corrected chi connectivity index (χ3v) is 5.47. The first kappa shape index (κ1) is 25.9. The smallest absolute Gasteiger partial charge is 0.251 e. The third kappa shape index (κ3) is 6.53. The van der Waals surface area contributed by atoms with Crippen LogP contribution in [-0.2, 0) is 16.1 Å². The summed E-state index contributed by atoms with van der Waals surface area (Å²) in [5.41, 5.74) is 0.793. The number of hydrogen-bond donors (Lipinski definition) is 1. The second kappa shape index (κ2) is 10.8. The summed E-state index contributed by atoms with van der Waals surface area (Å²) in [5, 5.41) is 15.8. The van der Waals surface area contributed by atoms with Crippen LogP contribution in [0.4, 0.5) is 10.1 Å². The molecule has 1 atom stereocenters. The van der Waals surface area contributed by atoms with Gasteiger partial charge in [-0.15, -0.1) is 10.2 Å². The van der Waals surface area contributed by atoms with Gasteiger partial charge in [0.1, 0.15) is 18.4 Å². The summed E-state index contributed by atoms with van der Waals surface area (Å²) in [6.07, 6.45) is 3.05. The van der Waals surface area contributed by atoms with Crippen molar-refractivity contribution in [1.82, 2.24) is 30.5 Å². The van der Waals surface area contributed by atoms with E-state index in [-0.39, 0.29) is 12.2 Å². The number of nitrogens with one attached hydrogen (secondary N) is 1. The zero-order chi connectivity index (χ0) is 26.6. The van der Waals surface area contributed by atoms with Crippen molar-refractivity contribution in [2.45, 2.75) is 38.9 Å². The fourth-order valence-electron chi connectivity index (χ4n) is 3.69. The van der Waals surface area contributed by atoms with Gasteiger partial charge in [0.25, 0.3) is 5.91 Å². The van der Waals surface area contributed by atoms with Crippen LogP contribution in [0.5, 0.6) is 0 Å². The van der Waals surface area contributed by atoms with Crippen LogP contribution in [0.3, 0.4) is 0 Å². The molecule has 0 radical (unpaired) electrons. The van der Waals surface area contributed by atoms with E-state index < -0.39 is 29.2 Å². The van der Waals surface area contributed by atoms with Gasteiger partial charge in [0.15, 0.2) is 0 Å². The molecule has 0 saturated carbocycles. The summed E-state index contributed by atoms with van der Waals surface area (Å²) in [4.78, 5) is 33.7. The first-order valence-corrected chi connectivity index (χ1v) is 11.8. The van der Waals surface area contributed by atoms with Gasteiger partial charge >= 0.3 is 0 Å². The minimum atomic E-state index is -1.12. The minimum absolute atomic E-state index is 0.203. The standard InChI is InChI=1S/C26H25ClFN7O2/c1-26(2,3)30-25(37)23(17-11-13-29-14-12-17)35(21-6-4-5-20(28)15-21)22(36)16-34-32-24(31-33-34)18-7-9-19(27)10-8-18/h4-15,23H,16H2,1-3H3,(H,30,37)/t23-/m0/s1. The normalized spacial score (nSPS) is 12.1. The maximum absolute atomic E-state index is 14.3. The molecule has 9 nitrogen and oxygen atoms in total. The first-order chi connectivity index (χ1) is 17.6. The Balaban J connectivity index is 1.72. The second-order valence-electron chi connectivity index (χ2n) is 9.32. The van der Waals surface area contributed by atoms with E-state index in [1.165, 1.54) is 35.5 Å². The number of tetrazole rings is 1. The summed E-state index contributed by atoms with van der Waals surface area (Å²) < 4.78 is 14.3. The van der Waals surface area contributed by atoms with Crippen molar-refractivity contribution in [2.24, 2.45) is 0 Å². The molecule has 4 rings (SSSR count). The number of halogens is 2. The van der Waals surface area contributed by atoms with Gasteiger partial charge in [-0.05, 0) is 86.1 Å². The van der Waals surface area contributed by atoms with Gasteiger partial charge in [-0.25, -0.2) is 4.39 Å². The summed E-state index contributed by atoms with van der Waals surface area (Å²) in [7, 11) is 0. The van der Waals surface area contributed by atoms with Crippen molar-refractivity contribution < 1.29 is 14.0 Å². The van der Waals surface area contributed by atoms with Gasteiger partial charge in [0.05, 0.1) is 0 Å². The lowest BCUT2D eigenvalue weighted by Gasteiger charge is -2.33. The van der Waals surface area contributed by atoms with Crippen LogP contribution in [0.15, 0.2) is 73.1 Å². The van der Waals surface area contributed by atoms with Crippen molar-refractivity contribution in [3.05, 3.63) is 89.5 Å². The molecule has 2 amide bonds. The van der Waals surface area contributed by atoms with Crippen LogP contribution >= 0.6 is 11.6 Å². The zero-order valence-corrected chi connectivity index (χ0v) is 21.2. The van der Waals surface area contributed by atoms with E-state index in [0.29, 0.717) is 22.0 Å². The molecule has 0 fully saturated rings. The molecule has 2 aromatic heterocycles. The van der Waals surface area contributed by atoms with E-state index in [4.69, 9.17) is 11.6 Å². The molecule has 37 heavy (non-hydrogen) atoms. The number of carbonyl (C=O) groups is 2. The summed E-state index contributed by atoms with van der Waals surface area (Å²) in [6, 6.07) is 14.5. The molecule has 0 bridgehead atoms. The molecular formula is C26H25ClFN7O2. The Morgan fingerprint density at radius 3 is 2.43 bits per heavy atom. The van der Waals surface area contributed by atoms with Crippen LogP contribution in [0.25, 0.3) is 11.4 Å². The summed E-state index contributed by atoms with van der Waals surface area (Å²) in [6.45, 7) is 5.16. The zero-order valence-electron chi connectivity index (χ0n) is 20.5. The van der Waals surface area contributed by atoms with Crippen LogP contribution in [0, 0.1) is 5.82 Å². The van der Waals surface area contributed by atoms with E-state index in [9.17, 15) is 14.0 Å². The Bertz CT molecular complexity index is 1390. The van der Waals surface area contributed by atoms with Crippen LogP contribution in [0.1, 0.15) is 32.4 Å². The monoisotopic (exact) mass is 521 g/mol. The Labute approximate surface area is 218 Å². The van der Waals surface area contributed by atoms with Crippen LogP contribution in [0.2, 0.25) is 5.02 Å². The fourth-order valence-corrected chi connectivity index (χ4v) is 3.81. The van der Waals surface area contributed by atoms with E-state index in [1.54, 1.807) is 42.5 Å². The third-order valence-electron chi connectivity index (χ3n) is 5.21. The Kier molecular flexibility index (Phi) is 7.58. The number of rotatable bonds is 7. The molecular weight excluding hydrogens is 497 g/mol. The van der Waals surface area contributed by atoms with E-state index in [0.717, 1.165) is 4.80 Å². The largest absolute Gasteiger partial charge is 0.349 e. The highest BCUT2D eigenvalue weighted by Gasteiger charge is 2.35. The number of pyridine rings is 1. The molecule has 0 aliphatic rings. The molecule has 2 heterocycles. The van der Waals surface area contributed by atoms with Gasteiger partial charge < -0.3 is 5.32 Å². The topological polar surface area (TPSA) is 106 Å². The molecule has 190 valence electrons. The first-order valence-electron chi connectivity index (χ1n) is 11.4. The summed E-state index contributed by atoms with van der Waals surface area (Å²) in [5.74, 6) is -1.23. The average molecular weight is 522 g/mol. The molecule has 4 aromatic rings. The lowest BCUT2D eigenvalue weighted by molar-refractivity contribution is -0.128. The average Bonchev–Trinajstić information content (AvgIpc) is 3.30. The molecule has 0 aliphatic carbocycles. The van der Waals surface area contributed by atoms with Gasteiger partial charge in [-0.1, -0.05) is 17.7 Å². The van der Waals surface area contributed by atoms with Crippen molar-refractivity contribution >= 4 is 29.1 Å². The van der Waals surface area contributed by atoms with Crippen LogP contribution in [-0.4, -0.2) is 42.5 Å². The number of benzene rings is 2. The molecule has 2 aromatic carbocycles. The van der Waals surface area contributed by atoms with E-state index in [1.807, 2.05) is 20.8 Å². The van der Waals surface area contributed by atoms with Crippen molar-refractivity contribution in [3.8, 4) is 11.4 Å². The number of aromatic nitrogens is 5. The number of nitrogens with zero attached hydrogens (tertiary/aromatic N) is 6. The maximum atomic E-state index is 14.3. The maximum Gasteiger partial charge on any atom is 0.251 e. The van der Waals surface area contributed by atoms with E-state index >= 15 is 0 Å². The molecule has 1 N–H and O–H groups in total. The van der Waals surface area contributed by atoms with Gasteiger partial charge in [0.2, 0.25) is 11.7 Å². The van der Waals surface area contributed by atoms with Crippen molar-refractivity contribution in [1.29, 1.82) is 0 Å². The molecule has 0 saturated heterocycles. The Morgan fingerprint density at radius 1 is 1.08 bits per heavy atom. The highest BCUT2D eigenvalue weighted by Crippen LogP contribution is 2.29. The number of hydrogen-bond acceptors (Lipinski definition) is 6. The highest BCUT2D eigenvalue weighted by atomic mass is 35.5. The summed E-state index contributed by atoms with van der Waals surface area (Å²) >= 11 is 5.95. The molecule has 0 unspecified atom stereocenters. The second-order valence-corrected chi connectivity index (χ2v) is 9.75. The Morgan fingerprint density at radius 2 is 1.78 bits per heavy atom. The fraction of sp³-hybridized carbons (Fsp3) is 0.231. The van der Waals surface area contributed by atoms with Gasteiger partial charge in [0, 0.05) is 34.2 Å². The molecule has 0 aliphatic heterocycles. The molecule has 11 heteroatoms. The van der Waals surface area contributed by atoms with Gasteiger partial charge in [-0.3, -0.25) is 19.5 Å². The van der Waals surface area contributed by atoms with E-state index in [2.05, 4.69) is 25.7 Å². The predicted octanol–water partition coefficient (Wildman–Crippen LogP) is 4.22. The Hall–Kier alpha value is -4.18. The SMILES string of the molecule is CC(C)(C)NC(=O)[C@H](c1ccncc1)N(C(=O)Cn1nnc(-c2ccc(Cl)cc2)n1)c1cccc(F)c1. The van der Waals surface area contributed by atoms with Crippen molar-refractivity contribution in [2.75, 3.05) is 4.90 Å². The lowest BCUT2D eigenvalue weighted by atomic mass is 10.0. The minimum Gasteiger partial charge on any atom is -0.349 e. The number of carbonyl (C=O) groups excluding carboxylic acids is 2.